The number of aryl methyl sites for hydroxylation is 2. The van der Waals surface area contributed by atoms with Gasteiger partial charge in [-0.2, -0.15) is 4.98 Å². The third-order valence-corrected chi connectivity index (χ3v) is 7.69. The molecular weight excluding hydrogens is 570 g/mol. The van der Waals surface area contributed by atoms with Crippen LogP contribution in [0.4, 0.5) is 11.6 Å². The Hall–Kier alpha value is -4.70. The van der Waals surface area contributed by atoms with E-state index < -0.39 is 11.6 Å². The summed E-state index contributed by atoms with van der Waals surface area (Å²) in [6.45, 7) is 9.26. The van der Waals surface area contributed by atoms with Crippen LogP contribution < -0.4 is 20.1 Å². The second-order valence-electron chi connectivity index (χ2n) is 12.4. The molecule has 10 heteroatoms. The van der Waals surface area contributed by atoms with Crippen molar-refractivity contribution >= 4 is 17.6 Å². The average molecular weight is 612 g/mol. The molecule has 0 saturated heterocycles. The Balaban J connectivity index is 0.000000743. The first-order valence-electron chi connectivity index (χ1n) is 15.1. The molecule has 0 spiro atoms. The fourth-order valence-electron chi connectivity index (χ4n) is 5.77. The number of aliphatic hydroxyl groups is 1. The molecule has 0 fully saturated rings. The third-order valence-electron chi connectivity index (χ3n) is 7.69. The number of hydrogen-bond acceptors (Lipinski definition) is 9. The van der Waals surface area contributed by atoms with Gasteiger partial charge in [0.1, 0.15) is 17.4 Å². The van der Waals surface area contributed by atoms with Crippen LogP contribution in [-0.4, -0.2) is 57.0 Å². The van der Waals surface area contributed by atoms with Crippen LogP contribution >= 0.6 is 0 Å². The molecule has 0 amide bonds. The summed E-state index contributed by atoms with van der Waals surface area (Å²) in [5, 5.41) is 18.3. The lowest BCUT2D eigenvalue weighted by atomic mass is 9.86. The molecule has 45 heavy (non-hydrogen) atoms. The maximum absolute atomic E-state index is 11.9. The first-order chi connectivity index (χ1) is 21.4. The molecule has 4 N–H and O–H groups in total. The molecule has 0 bridgehead atoms. The first-order valence-corrected chi connectivity index (χ1v) is 15.1. The van der Waals surface area contributed by atoms with Gasteiger partial charge >= 0.3 is 12.0 Å². The van der Waals surface area contributed by atoms with Gasteiger partial charge in [-0.05, 0) is 104 Å². The van der Waals surface area contributed by atoms with E-state index in [1.54, 1.807) is 34.1 Å². The minimum atomic E-state index is -0.907. The van der Waals surface area contributed by atoms with Crippen LogP contribution in [0.1, 0.15) is 55.1 Å². The van der Waals surface area contributed by atoms with Gasteiger partial charge in [0.25, 0.3) is 0 Å². The summed E-state index contributed by atoms with van der Waals surface area (Å²) in [6.07, 6.45) is 4.25. The van der Waals surface area contributed by atoms with E-state index in [4.69, 9.17) is 20.3 Å². The highest BCUT2D eigenvalue weighted by Crippen LogP contribution is 2.42. The summed E-state index contributed by atoms with van der Waals surface area (Å²) in [5.74, 6) is 1.19. The third kappa shape index (κ3) is 7.51. The number of benzene rings is 2. The zero-order valence-corrected chi connectivity index (χ0v) is 26.6. The predicted molar refractivity (Wildman–Crippen MR) is 175 cm³/mol. The molecule has 2 aromatic heterocycles. The zero-order chi connectivity index (χ0) is 32.3. The molecule has 6 rings (SSSR count). The number of carboxylic acid groups (broad SMARTS) is 1. The van der Waals surface area contributed by atoms with Gasteiger partial charge in [0.2, 0.25) is 0 Å². The van der Waals surface area contributed by atoms with E-state index in [1.165, 1.54) is 11.1 Å². The van der Waals surface area contributed by atoms with Gasteiger partial charge < -0.3 is 30.3 Å². The lowest BCUT2D eigenvalue weighted by Gasteiger charge is -2.30. The maximum Gasteiger partial charge on any atom is 0.318 e. The van der Waals surface area contributed by atoms with Gasteiger partial charge in [-0.15, -0.1) is 0 Å². The Labute approximate surface area is 263 Å². The van der Waals surface area contributed by atoms with Gasteiger partial charge in [-0.1, -0.05) is 24.3 Å². The number of ether oxygens (including phenoxy) is 2. The Morgan fingerprint density at radius 3 is 2.47 bits per heavy atom. The lowest BCUT2D eigenvalue weighted by Crippen LogP contribution is -2.31. The van der Waals surface area contributed by atoms with Crippen molar-refractivity contribution in [2.45, 2.75) is 65.5 Å². The SMILES string of the molecule is CC(C)(C)O.COc1nccc(N2CCc3cc(-c4c(N)nc(C)c(CC(=O)O)c4-c4ccc5c(c4)CCCO5)ccc3C2)n1. The van der Waals surface area contributed by atoms with Crippen molar-refractivity contribution < 1.29 is 24.5 Å². The number of methoxy groups -OCH3 is 1. The van der Waals surface area contributed by atoms with Gasteiger partial charge in [-0.25, -0.2) is 9.97 Å². The van der Waals surface area contributed by atoms with Gasteiger partial charge in [0.05, 0.1) is 25.7 Å². The van der Waals surface area contributed by atoms with Gasteiger partial charge in [0, 0.05) is 30.5 Å². The number of nitrogen functional groups attached to an aromatic ring is 1. The fraction of sp³-hybridized carbons (Fsp3) is 0.371. The number of pyridine rings is 1. The summed E-state index contributed by atoms with van der Waals surface area (Å²) in [4.78, 5) is 27.4. The van der Waals surface area contributed by atoms with Crippen molar-refractivity contribution in [3.8, 4) is 34.0 Å². The molecule has 4 heterocycles. The fourth-order valence-corrected chi connectivity index (χ4v) is 5.77. The number of carboxylic acids is 1. The highest BCUT2D eigenvalue weighted by Gasteiger charge is 2.25. The smallest absolute Gasteiger partial charge is 0.318 e. The number of nitrogens with two attached hydrogens (primary N) is 1. The number of nitrogens with zero attached hydrogens (tertiary/aromatic N) is 4. The Bertz CT molecular complexity index is 1710. The molecule has 2 aromatic carbocycles. The minimum Gasteiger partial charge on any atom is -0.493 e. The molecule has 0 radical (unpaired) electrons. The van der Waals surface area contributed by atoms with Crippen LogP contribution in [0.2, 0.25) is 0 Å². The Kier molecular flexibility index (Phi) is 9.24. The number of aliphatic carboxylic acids is 1. The van der Waals surface area contributed by atoms with Crippen molar-refractivity contribution in [3.63, 3.8) is 0 Å². The number of aromatic nitrogens is 3. The molecule has 0 saturated carbocycles. The van der Waals surface area contributed by atoms with E-state index in [0.29, 0.717) is 36.2 Å². The normalized spacial score (nSPS) is 14.0. The zero-order valence-electron chi connectivity index (χ0n) is 26.6. The van der Waals surface area contributed by atoms with Crippen molar-refractivity contribution in [2.24, 2.45) is 0 Å². The highest BCUT2D eigenvalue weighted by atomic mass is 16.5. The van der Waals surface area contributed by atoms with Crippen molar-refractivity contribution in [2.75, 3.05) is 30.9 Å². The summed E-state index contributed by atoms with van der Waals surface area (Å²) in [5.41, 5.74) is 14.4. The van der Waals surface area contributed by atoms with Crippen molar-refractivity contribution in [1.82, 2.24) is 15.0 Å². The highest BCUT2D eigenvalue weighted by molar-refractivity contribution is 5.94. The van der Waals surface area contributed by atoms with Crippen molar-refractivity contribution in [1.29, 1.82) is 0 Å². The number of rotatable bonds is 6. The molecule has 236 valence electrons. The molecule has 0 unspecified atom stereocenters. The summed E-state index contributed by atoms with van der Waals surface area (Å²) >= 11 is 0. The van der Waals surface area contributed by atoms with Crippen LogP contribution in [0.5, 0.6) is 11.8 Å². The van der Waals surface area contributed by atoms with E-state index in [2.05, 4.69) is 44.1 Å². The molecule has 2 aliphatic rings. The van der Waals surface area contributed by atoms with Crippen molar-refractivity contribution in [3.05, 3.63) is 76.6 Å². The largest absolute Gasteiger partial charge is 0.493 e. The lowest BCUT2D eigenvalue weighted by molar-refractivity contribution is -0.136. The molecule has 0 aliphatic carbocycles. The van der Waals surface area contributed by atoms with E-state index in [1.807, 2.05) is 25.1 Å². The number of fused-ring (bicyclic) bond motifs is 2. The van der Waals surface area contributed by atoms with Crippen LogP contribution in [-0.2, 0) is 30.6 Å². The molecular formula is C35H41N5O5. The number of hydrogen-bond donors (Lipinski definition) is 3. The van der Waals surface area contributed by atoms with Crippen LogP contribution in [0.3, 0.4) is 0 Å². The standard InChI is InChI=1S/C31H31N5O4.C4H10O/c1-18-24(16-27(37)38)28(21-7-8-25-20(15-21)4-3-13-40-25)29(30(32)34-18)22-5-6-23-17-36(12-10-19(23)14-22)26-9-11-33-31(35-26)39-2;1-4(2,3)5/h5-9,11,14-15H,3-4,10,12-13,16-17H2,1-2H3,(H2,32,34)(H,37,38);5H,1-3H3. The van der Waals surface area contributed by atoms with E-state index >= 15 is 0 Å². The molecule has 0 atom stereocenters. The number of carbonyl (C=O) groups is 1. The maximum atomic E-state index is 11.9. The van der Waals surface area contributed by atoms with E-state index in [9.17, 15) is 9.90 Å². The number of anilines is 2. The van der Waals surface area contributed by atoms with Crippen LogP contribution in [0, 0.1) is 6.92 Å². The van der Waals surface area contributed by atoms with E-state index in [0.717, 1.165) is 65.2 Å². The first kappa shape index (κ1) is 31.7. The second kappa shape index (κ2) is 13.1. The van der Waals surface area contributed by atoms with Crippen LogP contribution in [0.15, 0.2) is 48.7 Å². The molecule has 2 aliphatic heterocycles. The monoisotopic (exact) mass is 611 g/mol. The second-order valence-corrected chi connectivity index (χ2v) is 12.4. The van der Waals surface area contributed by atoms with Gasteiger partial charge in [-0.3, -0.25) is 4.79 Å². The molecule has 4 aromatic rings. The average Bonchev–Trinajstić information content (AvgIpc) is 3.00. The quantitative estimate of drug-likeness (QED) is 0.259. The Morgan fingerprint density at radius 1 is 1.02 bits per heavy atom. The predicted octanol–water partition coefficient (Wildman–Crippen LogP) is 5.40. The summed E-state index contributed by atoms with van der Waals surface area (Å²) in [6, 6.07) is 14.7. The topological polar surface area (TPSA) is 144 Å². The Morgan fingerprint density at radius 2 is 1.73 bits per heavy atom. The molecule has 10 nitrogen and oxygen atoms in total. The summed E-state index contributed by atoms with van der Waals surface area (Å²) in [7, 11) is 1.56. The van der Waals surface area contributed by atoms with Crippen LogP contribution in [0.25, 0.3) is 22.3 Å². The van der Waals surface area contributed by atoms with E-state index in [-0.39, 0.29) is 6.42 Å². The summed E-state index contributed by atoms with van der Waals surface area (Å²) < 4.78 is 11.0. The van der Waals surface area contributed by atoms with Gasteiger partial charge in [0.15, 0.2) is 0 Å². The minimum absolute atomic E-state index is 0.142.